The molecule has 0 aliphatic heterocycles. The van der Waals surface area contributed by atoms with Crippen molar-refractivity contribution in [3.63, 3.8) is 0 Å². The third-order valence-electron chi connectivity index (χ3n) is 2.65. The van der Waals surface area contributed by atoms with Crippen LogP contribution in [0.3, 0.4) is 0 Å². The van der Waals surface area contributed by atoms with Gasteiger partial charge < -0.3 is 10.3 Å². The molecule has 2 aromatic heterocycles. The first kappa shape index (κ1) is 9.84. The molecule has 0 spiro atoms. The Kier molecular flexibility index (Phi) is 2.46. The van der Waals surface area contributed by atoms with Crippen molar-refractivity contribution < 1.29 is 0 Å². The SMILES string of the molecule is c1ccc(CNc2ncnc3cc[nH]c23)cc1. The number of aromatic amines is 1. The molecule has 0 bridgehead atoms. The van der Waals surface area contributed by atoms with E-state index < -0.39 is 0 Å². The number of hydrogen-bond donors (Lipinski definition) is 2. The number of nitrogens with zero attached hydrogens (tertiary/aromatic N) is 2. The van der Waals surface area contributed by atoms with Crippen molar-refractivity contribution in [1.82, 2.24) is 15.0 Å². The largest absolute Gasteiger partial charge is 0.364 e. The summed E-state index contributed by atoms with van der Waals surface area (Å²) < 4.78 is 0. The van der Waals surface area contributed by atoms with E-state index in [-0.39, 0.29) is 0 Å². The Bertz CT molecular complexity index is 615. The van der Waals surface area contributed by atoms with Gasteiger partial charge in [-0.2, -0.15) is 0 Å². The maximum absolute atomic E-state index is 4.24. The van der Waals surface area contributed by atoms with Crippen LogP contribution < -0.4 is 5.32 Å². The quantitative estimate of drug-likeness (QED) is 0.719. The van der Waals surface area contributed by atoms with Crippen molar-refractivity contribution in [2.75, 3.05) is 5.32 Å². The molecule has 0 aliphatic rings. The van der Waals surface area contributed by atoms with E-state index in [2.05, 4.69) is 32.4 Å². The number of H-pyrrole nitrogens is 1. The third kappa shape index (κ3) is 1.97. The minimum atomic E-state index is 0.756. The van der Waals surface area contributed by atoms with Crippen molar-refractivity contribution in [2.45, 2.75) is 6.54 Å². The summed E-state index contributed by atoms with van der Waals surface area (Å²) in [6.07, 6.45) is 3.44. The van der Waals surface area contributed by atoms with E-state index in [1.807, 2.05) is 30.5 Å². The monoisotopic (exact) mass is 224 g/mol. The molecule has 0 atom stereocenters. The van der Waals surface area contributed by atoms with Crippen LogP contribution >= 0.6 is 0 Å². The van der Waals surface area contributed by atoms with Crippen LogP contribution in [0.4, 0.5) is 5.82 Å². The molecule has 84 valence electrons. The van der Waals surface area contributed by atoms with Gasteiger partial charge in [0.25, 0.3) is 0 Å². The predicted octanol–water partition coefficient (Wildman–Crippen LogP) is 2.57. The predicted molar refractivity (Wildman–Crippen MR) is 67.7 cm³/mol. The van der Waals surface area contributed by atoms with Crippen LogP contribution in [-0.4, -0.2) is 15.0 Å². The number of hydrogen-bond acceptors (Lipinski definition) is 3. The first-order valence-corrected chi connectivity index (χ1v) is 5.49. The maximum atomic E-state index is 4.24. The van der Waals surface area contributed by atoms with Gasteiger partial charge in [-0.25, -0.2) is 9.97 Å². The summed E-state index contributed by atoms with van der Waals surface area (Å²) in [7, 11) is 0. The number of benzene rings is 1. The van der Waals surface area contributed by atoms with E-state index in [9.17, 15) is 0 Å². The zero-order valence-corrected chi connectivity index (χ0v) is 9.22. The molecule has 4 nitrogen and oxygen atoms in total. The Balaban J connectivity index is 1.84. The zero-order valence-electron chi connectivity index (χ0n) is 9.22. The van der Waals surface area contributed by atoms with E-state index in [0.717, 1.165) is 23.4 Å². The summed E-state index contributed by atoms with van der Waals surface area (Å²) in [6.45, 7) is 0.756. The van der Waals surface area contributed by atoms with Crippen molar-refractivity contribution in [3.8, 4) is 0 Å². The molecule has 2 N–H and O–H groups in total. The van der Waals surface area contributed by atoms with Crippen LogP contribution in [0, 0.1) is 0 Å². The fourth-order valence-corrected chi connectivity index (χ4v) is 1.79. The first-order chi connectivity index (χ1) is 8.43. The smallest absolute Gasteiger partial charge is 0.154 e. The Morgan fingerprint density at radius 2 is 1.94 bits per heavy atom. The lowest BCUT2D eigenvalue weighted by atomic mass is 10.2. The van der Waals surface area contributed by atoms with Gasteiger partial charge in [-0.1, -0.05) is 30.3 Å². The average molecular weight is 224 g/mol. The Morgan fingerprint density at radius 1 is 1.06 bits per heavy atom. The molecule has 0 amide bonds. The molecular weight excluding hydrogens is 212 g/mol. The topological polar surface area (TPSA) is 53.6 Å². The van der Waals surface area contributed by atoms with Gasteiger partial charge in [-0.05, 0) is 11.6 Å². The summed E-state index contributed by atoms with van der Waals surface area (Å²) in [6, 6.07) is 12.2. The van der Waals surface area contributed by atoms with Crippen molar-refractivity contribution in [3.05, 3.63) is 54.5 Å². The average Bonchev–Trinajstić information content (AvgIpc) is 2.86. The standard InChI is InChI=1S/C13H12N4/c1-2-4-10(5-3-1)8-15-13-12-11(6-7-14-12)16-9-17-13/h1-7,9,14H,8H2,(H,15,16,17). The maximum Gasteiger partial charge on any atom is 0.154 e. The lowest BCUT2D eigenvalue weighted by Gasteiger charge is -2.06. The van der Waals surface area contributed by atoms with Crippen LogP contribution in [0.2, 0.25) is 0 Å². The molecule has 3 aromatic rings. The highest BCUT2D eigenvalue weighted by atomic mass is 15.0. The van der Waals surface area contributed by atoms with E-state index in [0.29, 0.717) is 0 Å². The molecule has 0 saturated carbocycles. The second-order valence-electron chi connectivity index (χ2n) is 3.80. The van der Waals surface area contributed by atoms with Crippen molar-refractivity contribution >= 4 is 16.9 Å². The molecule has 0 fully saturated rings. The lowest BCUT2D eigenvalue weighted by molar-refractivity contribution is 1.10. The van der Waals surface area contributed by atoms with Gasteiger partial charge in [0.1, 0.15) is 11.8 Å². The van der Waals surface area contributed by atoms with Crippen LogP contribution in [0.1, 0.15) is 5.56 Å². The Hall–Kier alpha value is -2.36. The molecule has 1 aromatic carbocycles. The van der Waals surface area contributed by atoms with Gasteiger partial charge in [-0.3, -0.25) is 0 Å². The zero-order chi connectivity index (χ0) is 11.5. The van der Waals surface area contributed by atoms with Gasteiger partial charge in [-0.15, -0.1) is 0 Å². The van der Waals surface area contributed by atoms with Gasteiger partial charge in [0.15, 0.2) is 5.82 Å². The van der Waals surface area contributed by atoms with Gasteiger partial charge in [0.05, 0.1) is 5.52 Å². The molecule has 2 heterocycles. The summed E-state index contributed by atoms with van der Waals surface area (Å²) in [5.74, 6) is 0.837. The molecule has 17 heavy (non-hydrogen) atoms. The first-order valence-electron chi connectivity index (χ1n) is 5.49. The molecule has 0 saturated heterocycles. The highest BCUT2D eigenvalue weighted by Crippen LogP contribution is 2.17. The summed E-state index contributed by atoms with van der Waals surface area (Å²) >= 11 is 0. The normalized spacial score (nSPS) is 10.6. The minimum Gasteiger partial charge on any atom is -0.364 e. The number of aromatic nitrogens is 3. The number of anilines is 1. The molecule has 0 unspecified atom stereocenters. The lowest BCUT2D eigenvalue weighted by Crippen LogP contribution is -2.02. The van der Waals surface area contributed by atoms with Crippen LogP contribution in [-0.2, 0) is 6.54 Å². The molecular formula is C13H12N4. The molecule has 3 rings (SSSR count). The van der Waals surface area contributed by atoms with E-state index >= 15 is 0 Å². The fourth-order valence-electron chi connectivity index (χ4n) is 1.79. The van der Waals surface area contributed by atoms with E-state index in [4.69, 9.17) is 0 Å². The summed E-state index contributed by atoms with van der Waals surface area (Å²) in [5, 5.41) is 3.31. The van der Waals surface area contributed by atoms with Crippen LogP contribution in [0.25, 0.3) is 11.0 Å². The second kappa shape index (κ2) is 4.25. The highest BCUT2D eigenvalue weighted by molar-refractivity contribution is 5.85. The molecule has 4 heteroatoms. The van der Waals surface area contributed by atoms with Gasteiger partial charge in [0.2, 0.25) is 0 Å². The Morgan fingerprint density at radius 3 is 2.82 bits per heavy atom. The highest BCUT2D eigenvalue weighted by Gasteiger charge is 2.03. The van der Waals surface area contributed by atoms with Crippen molar-refractivity contribution in [2.24, 2.45) is 0 Å². The van der Waals surface area contributed by atoms with Crippen molar-refractivity contribution in [1.29, 1.82) is 0 Å². The van der Waals surface area contributed by atoms with Gasteiger partial charge in [0, 0.05) is 12.7 Å². The number of rotatable bonds is 3. The van der Waals surface area contributed by atoms with E-state index in [1.54, 1.807) is 6.33 Å². The van der Waals surface area contributed by atoms with E-state index in [1.165, 1.54) is 5.56 Å². The van der Waals surface area contributed by atoms with Crippen LogP contribution in [0.15, 0.2) is 48.9 Å². The number of fused-ring (bicyclic) bond motifs is 1. The second-order valence-corrected chi connectivity index (χ2v) is 3.80. The molecule has 0 aliphatic carbocycles. The molecule has 0 radical (unpaired) electrons. The fraction of sp³-hybridized carbons (Fsp3) is 0.0769. The number of nitrogens with one attached hydrogen (secondary N) is 2. The Labute approximate surface area is 98.7 Å². The summed E-state index contributed by atoms with van der Waals surface area (Å²) in [5.41, 5.74) is 3.10. The van der Waals surface area contributed by atoms with Crippen LogP contribution in [0.5, 0.6) is 0 Å². The minimum absolute atomic E-state index is 0.756. The van der Waals surface area contributed by atoms with Gasteiger partial charge >= 0.3 is 0 Å². The summed E-state index contributed by atoms with van der Waals surface area (Å²) in [4.78, 5) is 11.6. The third-order valence-corrected chi connectivity index (χ3v) is 2.65.